The molecule has 0 bridgehead atoms. The Bertz CT molecular complexity index is 510. The van der Waals surface area contributed by atoms with Crippen molar-refractivity contribution in [3.63, 3.8) is 0 Å². The molecule has 0 amide bonds. The first kappa shape index (κ1) is 14.4. The molecule has 0 heterocycles. The molecule has 0 aliphatic rings. The van der Waals surface area contributed by atoms with Crippen molar-refractivity contribution in [2.75, 3.05) is 11.9 Å². The number of hydrogen-bond donors (Lipinski definition) is 1. The van der Waals surface area contributed by atoms with Crippen LogP contribution in [0, 0.1) is 0 Å². The molecule has 106 valence electrons. The maximum Gasteiger partial charge on any atom is 0.142 e. The van der Waals surface area contributed by atoms with E-state index in [1.54, 1.807) is 0 Å². The summed E-state index contributed by atoms with van der Waals surface area (Å²) in [4.78, 5) is 0. The Morgan fingerprint density at radius 2 is 1.65 bits per heavy atom. The third-order valence-electron chi connectivity index (χ3n) is 3.30. The number of ether oxygens (including phenoxy) is 1. The molecule has 2 aromatic carbocycles. The molecule has 0 aliphatic heterocycles. The third kappa shape index (κ3) is 3.77. The molecule has 0 saturated heterocycles. The monoisotopic (exact) mass is 269 g/mol. The van der Waals surface area contributed by atoms with E-state index >= 15 is 0 Å². The Hall–Kier alpha value is -1.96. The van der Waals surface area contributed by atoms with Gasteiger partial charge in [-0.1, -0.05) is 55.8 Å². The number of hydrogen-bond acceptors (Lipinski definition) is 2. The van der Waals surface area contributed by atoms with Crippen LogP contribution in [0.4, 0.5) is 5.69 Å². The minimum Gasteiger partial charge on any atom is -0.492 e. The van der Waals surface area contributed by atoms with E-state index in [4.69, 9.17) is 4.74 Å². The number of anilines is 1. The molecule has 0 fully saturated rings. The molecular weight excluding hydrogens is 246 g/mol. The number of nitrogens with one attached hydrogen (secondary N) is 1. The molecule has 2 rings (SSSR count). The zero-order valence-electron chi connectivity index (χ0n) is 12.3. The Morgan fingerprint density at radius 1 is 0.950 bits per heavy atom. The van der Waals surface area contributed by atoms with Crippen molar-refractivity contribution in [2.45, 2.75) is 32.7 Å². The number of rotatable bonds is 7. The summed E-state index contributed by atoms with van der Waals surface area (Å²) in [5.74, 6) is 0.923. The molecule has 2 aromatic rings. The van der Waals surface area contributed by atoms with Gasteiger partial charge in [-0.3, -0.25) is 0 Å². The summed E-state index contributed by atoms with van der Waals surface area (Å²) in [7, 11) is 0. The summed E-state index contributed by atoms with van der Waals surface area (Å²) in [6.45, 7) is 4.91. The second kappa shape index (κ2) is 7.59. The van der Waals surface area contributed by atoms with E-state index in [1.807, 2.05) is 25.1 Å². The molecule has 1 unspecified atom stereocenters. The fourth-order valence-electron chi connectivity index (χ4n) is 2.35. The lowest BCUT2D eigenvalue weighted by Gasteiger charge is -2.21. The minimum atomic E-state index is 0.322. The van der Waals surface area contributed by atoms with E-state index in [2.05, 4.69) is 48.6 Å². The van der Waals surface area contributed by atoms with Gasteiger partial charge < -0.3 is 10.1 Å². The highest BCUT2D eigenvalue weighted by atomic mass is 16.5. The van der Waals surface area contributed by atoms with Gasteiger partial charge in [-0.05, 0) is 31.0 Å². The highest BCUT2D eigenvalue weighted by Crippen LogP contribution is 2.30. The van der Waals surface area contributed by atoms with Crippen LogP contribution in [0.15, 0.2) is 54.6 Å². The zero-order chi connectivity index (χ0) is 14.2. The maximum atomic E-state index is 5.69. The van der Waals surface area contributed by atoms with E-state index in [0.717, 1.165) is 24.3 Å². The Morgan fingerprint density at radius 3 is 2.35 bits per heavy atom. The zero-order valence-corrected chi connectivity index (χ0v) is 12.3. The standard InChI is InChI=1S/C18H23NO/c1-3-10-16(15-11-6-5-7-12-15)19-17-13-8-9-14-18(17)20-4-2/h5-9,11-14,16,19H,3-4,10H2,1-2H3. The lowest BCUT2D eigenvalue weighted by molar-refractivity contribution is 0.341. The van der Waals surface area contributed by atoms with Gasteiger partial charge in [0.2, 0.25) is 0 Å². The summed E-state index contributed by atoms with van der Waals surface area (Å²) in [5, 5.41) is 3.62. The van der Waals surface area contributed by atoms with Gasteiger partial charge >= 0.3 is 0 Å². The number of para-hydroxylation sites is 2. The maximum absolute atomic E-state index is 5.69. The van der Waals surface area contributed by atoms with Crippen molar-refractivity contribution in [3.8, 4) is 5.75 Å². The average molecular weight is 269 g/mol. The van der Waals surface area contributed by atoms with E-state index in [1.165, 1.54) is 5.56 Å². The van der Waals surface area contributed by atoms with Gasteiger partial charge in [0.15, 0.2) is 0 Å². The minimum absolute atomic E-state index is 0.322. The molecule has 0 aromatic heterocycles. The van der Waals surface area contributed by atoms with Crippen molar-refractivity contribution in [3.05, 3.63) is 60.2 Å². The van der Waals surface area contributed by atoms with Crippen molar-refractivity contribution in [2.24, 2.45) is 0 Å². The predicted molar refractivity (Wildman–Crippen MR) is 85.3 cm³/mol. The average Bonchev–Trinajstić information content (AvgIpc) is 2.50. The summed E-state index contributed by atoms with van der Waals surface area (Å²) in [6.07, 6.45) is 2.24. The molecule has 2 heteroatoms. The topological polar surface area (TPSA) is 21.3 Å². The molecule has 2 nitrogen and oxygen atoms in total. The van der Waals surface area contributed by atoms with Crippen molar-refractivity contribution < 1.29 is 4.74 Å². The van der Waals surface area contributed by atoms with Crippen LogP contribution in [0.5, 0.6) is 5.75 Å². The van der Waals surface area contributed by atoms with Crippen molar-refractivity contribution in [1.82, 2.24) is 0 Å². The van der Waals surface area contributed by atoms with Crippen LogP contribution in [0.2, 0.25) is 0 Å². The number of benzene rings is 2. The smallest absolute Gasteiger partial charge is 0.142 e. The van der Waals surface area contributed by atoms with Crippen LogP contribution in [0.1, 0.15) is 38.3 Å². The third-order valence-corrected chi connectivity index (χ3v) is 3.30. The summed E-state index contributed by atoms with van der Waals surface area (Å²) in [6, 6.07) is 19.1. The second-order valence-electron chi connectivity index (χ2n) is 4.83. The molecule has 0 aliphatic carbocycles. The van der Waals surface area contributed by atoms with Gasteiger partial charge in [0.1, 0.15) is 5.75 Å². The molecular formula is C18H23NO. The lowest BCUT2D eigenvalue weighted by Crippen LogP contribution is -2.11. The van der Waals surface area contributed by atoms with E-state index in [9.17, 15) is 0 Å². The van der Waals surface area contributed by atoms with Crippen molar-refractivity contribution in [1.29, 1.82) is 0 Å². The van der Waals surface area contributed by atoms with Crippen LogP contribution in [-0.4, -0.2) is 6.61 Å². The fourth-order valence-corrected chi connectivity index (χ4v) is 2.35. The molecule has 20 heavy (non-hydrogen) atoms. The SMILES string of the molecule is CCCC(Nc1ccccc1OCC)c1ccccc1. The van der Waals surface area contributed by atoms with Gasteiger partial charge in [0.25, 0.3) is 0 Å². The van der Waals surface area contributed by atoms with Crippen LogP contribution in [-0.2, 0) is 0 Å². The molecule has 0 saturated carbocycles. The van der Waals surface area contributed by atoms with Crippen LogP contribution in [0.3, 0.4) is 0 Å². The first-order valence-electron chi connectivity index (χ1n) is 7.38. The highest BCUT2D eigenvalue weighted by Gasteiger charge is 2.12. The van der Waals surface area contributed by atoms with E-state index < -0.39 is 0 Å². The van der Waals surface area contributed by atoms with Gasteiger partial charge in [0, 0.05) is 0 Å². The second-order valence-corrected chi connectivity index (χ2v) is 4.83. The molecule has 0 radical (unpaired) electrons. The van der Waals surface area contributed by atoms with Crippen LogP contribution < -0.4 is 10.1 Å². The van der Waals surface area contributed by atoms with Gasteiger partial charge in [-0.2, -0.15) is 0 Å². The quantitative estimate of drug-likeness (QED) is 0.760. The van der Waals surface area contributed by atoms with Crippen LogP contribution in [0.25, 0.3) is 0 Å². The Kier molecular flexibility index (Phi) is 5.48. The summed E-state index contributed by atoms with van der Waals surface area (Å²) in [5.41, 5.74) is 2.39. The first-order valence-corrected chi connectivity index (χ1v) is 7.38. The van der Waals surface area contributed by atoms with Crippen molar-refractivity contribution >= 4 is 5.69 Å². The molecule has 1 atom stereocenters. The summed E-state index contributed by atoms with van der Waals surface area (Å²) >= 11 is 0. The van der Waals surface area contributed by atoms with Gasteiger partial charge in [0.05, 0.1) is 18.3 Å². The molecule has 1 N–H and O–H groups in total. The first-order chi connectivity index (χ1) is 9.85. The lowest BCUT2D eigenvalue weighted by atomic mass is 10.0. The van der Waals surface area contributed by atoms with Gasteiger partial charge in [-0.25, -0.2) is 0 Å². The Labute approximate surface area is 121 Å². The fraction of sp³-hybridized carbons (Fsp3) is 0.333. The predicted octanol–water partition coefficient (Wildman–Crippen LogP) is 5.04. The van der Waals surface area contributed by atoms with Gasteiger partial charge in [-0.15, -0.1) is 0 Å². The van der Waals surface area contributed by atoms with Crippen LogP contribution >= 0.6 is 0 Å². The summed E-state index contributed by atoms with van der Waals surface area (Å²) < 4.78 is 5.69. The van der Waals surface area contributed by atoms with E-state index in [-0.39, 0.29) is 0 Å². The van der Waals surface area contributed by atoms with E-state index in [0.29, 0.717) is 12.6 Å². The largest absolute Gasteiger partial charge is 0.492 e. The Balaban J connectivity index is 2.20. The molecule has 0 spiro atoms. The normalized spacial score (nSPS) is 11.9. The highest BCUT2D eigenvalue weighted by molar-refractivity contribution is 5.57.